The zero-order chi connectivity index (χ0) is 78.6. The molecule has 1 spiro atoms. The van der Waals surface area contributed by atoms with Crippen molar-refractivity contribution in [2.75, 3.05) is 95.3 Å². The number of carbonyl (C=O) groups is 12. The fourth-order valence-electron chi connectivity index (χ4n) is 17.7. The number of likely N-dealkylation sites (tertiary alicyclic amines) is 1. The molecule has 3 saturated carbocycles. The van der Waals surface area contributed by atoms with Gasteiger partial charge in [0.05, 0.1) is 37.6 Å². The number of nitrogens with one attached hydrogen (secondary N) is 3. The van der Waals surface area contributed by atoms with Crippen LogP contribution in [-0.2, 0) is 67.0 Å². The van der Waals surface area contributed by atoms with Crippen molar-refractivity contribution in [1.82, 2.24) is 60.0 Å². The zero-order valence-electron chi connectivity index (χ0n) is 66.1. The number of fused-ring (bicyclic) bond motifs is 3. The van der Waals surface area contributed by atoms with E-state index < -0.39 is 186 Å². The quantitative estimate of drug-likeness (QED) is 0.170. The summed E-state index contributed by atoms with van der Waals surface area (Å²) in [5, 5.41) is 8.82. The van der Waals surface area contributed by atoms with Gasteiger partial charge in [-0.15, -0.1) is 0 Å². The number of likely N-dealkylation sites (N-methyl/N-ethyl adjacent to an activating group) is 6. The van der Waals surface area contributed by atoms with Crippen LogP contribution in [0.1, 0.15) is 197 Å². The molecule has 2 bridgehead atoms. The molecule has 3 unspecified atom stereocenters. The van der Waals surface area contributed by atoms with Gasteiger partial charge >= 0.3 is 6.18 Å². The van der Waals surface area contributed by atoms with Gasteiger partial charge in [0.25, 0.3) is 0 Å². The molecular weight excluding hydrogens is 1370 g/mol. The number of methoxy groups -OCH3 is 1. The predicted octanol–water partition coefficient (Wildman–Crippen LogP) is 5.93. The zero-order valence-corrected chi connectivity index (χ0v) is 66.1. The SMILES string of the molecule is CCO[C@@H]1C[C@H]2C(=O)NC3(CC(C)(C)C3)C(=O)N(C)[C@@H](C(CC)CC)C(=O)N(C)[C@H](C(=O)N3CCCC3)CC(=O)N(C)[C@@H](C)C(=O)N[C@@H]([C@@H](C)CC)C(=O)N(C)CC(=O)N(C)[C@H]3C/C=C\CCN(C3=O)[C@@H](CC3CCC(C)CC3)C(=O)N(C)CC(=O)N[C@@H](CCC3CCC(C(F)(F)F)C(OC)C3)C(=O)N2C1. The summed E-state index contributed by atoms with van der Waals surface area (Å²) >= 11 is 0. The number of hydrogen-bond donors (Lipinski definition) is 3. The van der Waals surface area contributed by atoms with Crippen molar-refractivity contribution in [3.8, 4) is 0 Å². The van der Waals surface area contributed by atoms with Crippen LogP contribution in [0.5, 0.6) is 0 Å². The molecule has 3 saturated heterocycles. The van der Waals surface area contributed by atoms with Gasteiger partial charge in [-0.3, -0.25) is 57.5 Å². The molecule has 26 nitrogen and oxygen atoms in total. The standard InChI is InChI=1S/C77H125F3N12O14/c1-17-48(6)64-72(102)85(11)44-63(95)87(13)56-26-22-21-23-37-91(71(56)101)59(38-50-29-27-47(5)28-30-50)69(99)84(10)43-61(93)81-55(34-32-51-31-33-54(77(78,79)80)60(39-51)105-16)68(98)92-42-53(106-20-4)40-57(92)67(97)83-76(45-75(8,9)46-76)74(104)89(15)65(52(18-2)19-3)73(103)88(14)58(70(100)90-35-24-25-36-90)41-62(94)86(12)49(7)66(96)82-64/h21-22,47-60,64-65H,17-20,23-46H2,1-16H3,(H,81,93)(H,82,96)(H,83,97)/b22-21-/t47?,48-,49-,50?,51?,53+,54?,55-,56-,57-,58-,59-,60?,64-,65-/m0/s1. The summed E-state index contributed by atoms with van der Waals surface area (Å²) in [6.07, 6.45) is 3.23. The Balaban J connectivity index is 1.32. The molecule has 29 heteroatoms. The lowest BCUT2D eigenvalue weighted by Gasteiger charge is -2.54. The van der Waals surface area contributed by atoms with E-state index >= 15 is 28.8 Å². The average molecular weight is 1500 g/mol. The molecule has 7 aliphatic rings. The second-order valence-electron chi connectivity index (χ2n) is 32.7. The van der Waals surface area contributed by atoms with E-state index in [1.807, 2.05) is 40.7 Å². The third-order valence-electron chi connectivity index (χ3n) is 24.6. The van der Waals surface area contributed by atoms with E-state index in [1.165, 1.54) is 90.6 Å². The van der Waals surface area contributed by atoms with Crippen LogP contribution in [0.4, 0.5) is 13.2 Å². The fourth-order valence-corrected chi connectivity index (χ4v) is 17.7. The lowest BCUT2D eigenvalue weighted by Crippen LogP contribution is -2.71. The molecule has 13 atom stereocenters. The van der Waals surface area contributed by atoms with Crippen LogP contribution in [-0.4, -0.2) is 283 Å². The first-order valence-corrected chi connectivity index (χ1v) is 39.1. The molecule has 7 rings (SSSR count). The van der Waals surface area contributed by atoms with Crippen molar-refractivity contribution in [2.24, 2.45) is 40.9 Å². The van der Waals surface area contributed by atoms with Gasteiger partial charge in [0.1, 0.15) is 53.9 Å². The van der Waals surface area contributed by atoms with Crippen molar-refractivity contribution in [1.29, 1.82) is 0 Å². The Morgan fingerprint density at radius 1 is 0.660 bits per heavy atom. The van der Waals surface area contributed by atoms with E-state index in [1.54, 1.807) is 24.8 Å². The van der Waals surface area contributed by atoms with Crippen molar-refractivity contribution in [3.63, 3.8) is 0 Å². The number of hydrogen-bond acceptors (Lipinski definition) is 14. The van der Waals surface area contributed by atoms with Crippen LogP contribution in [0.3, 0.4) is 0 Å². The van der Waals surface area contributed by atoms with Crippen LogP contribution in [0.25, 0.3) is 0 Å². The summed E-state index contributed by atoms with van der Waals surface area (Å²) in [5.41, 5.74) is -2.19. The number of rotatable bonds is 14. The molecule has 3 aliphatic carbocycles. The Morgan fingerprint density at radius 3 is 1.89 bits per heavy atom. The fraction of sp³-hybridized carbons (Fsp3) is 0.818. The predicted molar refractivity (Wildman–Crippen MR) is 391 cm³/mol. The number of amides is 12. The van der Waals surface area contributed by atoms with Gasteiger partial charge in [-0.1, -0.05) is 106 Å². The maximum absolute atomic E-state index is 15.8. The van der Waals surface area contributed by atoms with Crippen LogP contribution < -0.4 is 16.0 Å². The third kappa shape index (κ3) is 20.7. The second kappa shape index (κ2) is 37.5. The molecule has 4 heterocycles. The minimum atomic E-state index is -4.52. The summed E-state index contributed by atoms with van der Waals surface area (Å²) in [6, 6.07) is -10.2. The Kier molecular flexibility index (Phi) is 30.5. The molecule has 0 aromatic rings. The van der Waals surface area contributed by atoms with Crippen LogP contribution in [0.2, 0.25) is 0 Å². The van der Waals surface area contributed by atoms with Gasteiger partial charge in [-0.2, -0.15) is 13.2 Å². The number of alkyl halides is 3. The van der Waals surface area contributed by atoms with Crippen molar-refractivity contribution in [3.05, 3.63) is 12.2 Å². The maximum Gasteiger partial charge on any atom is 0.394 e. The Bertz CT molecular complexity index is 3150. The number of halogens is 3. The normalized spacial score (nSPS) is 31.8. The molecule has 106 heavy (non-hydrogen) atoms. The molecule has 598 valence electrons. The first-order valence-electron chi connectivity index (χ1n) is 39.1. The van der Waals surface area contributed by atoms with Gasteiger partial charge in [0.2, 0.25) is 70.9 Å². The highest BCUT2D eigenvalue weighted by molar-refractivity contribution is 6.01. The summed E-state index contributed by atoms with van der Waals surface area (Å²) in [4.78, 5) is 194. The Morgan fingerprint density at radius 2 is 1.29 bits per heavy atom. The molecule has 0 aromatic heterocycles. The summed E-state index contributed by atoms with van der Waals surface area (Å²) in [6.45, 7) is 16.2. The van der Waals surface area contributed by atoms with Gasteiger partial charge in [-0.05, 0) is 126 Å². The van der Waals surface area contributed by atoms with E-state index in [9.17, 15) is 41.9 Å². The highest BCUT2D eigenvalue weighted by atomic mass is 19.4. The van der Waals surface area contributed by atoms with Crippen LogP contribution in [0, 0.1) is 40.9 Å². The Labute approximate surface area is 626 Å². The number of nitrogens with zero attached hydrogens (tertiary/aromatic N) is 9. The van der Waals surface area contributed by atoms with Gasteiger partial charge in [0.15, 0.2) is 0 Å². The highest BCUT2D eigenvalue weighted by Crippen LogP contribution is 2.50. The van der Waals surface area contributed by atoms with E-state index in [2.05, 4.69) is 22.9 Å². The number of ether oxygens (including phenoxy) is 2. The minimum Gasteiger partial charge on any atom is -0.381 e. The maximum atomic E-state index is 15.8. The second-order valence-corrected chi connectivity index (χ2v) is 32.7. The van der Waals surface area contributed by atoms with Gasteiger partial charge in [-0.25, -0.2) is 0 Å². The molecule has 0 aromatic carbocycles. The van der Waals surface area contributed by atoms with Crippen molar-refractivity contribution in [2.45, 2.75) is 269 Å². The summed E-state index contributed by atoms with van der Waals surface area (Å²) < 4.78 is 54.6. The van der Waals surface area contributed by atoms with E-state index in [-0.39, 0.29) is 95.7 Å². The van der Waals surface area contributed by atoms with Crippen LogP contribution >= 0.6 is 0 Å². The molecular formula is C77H125F3N12O14. The molecule has 0 radical (unpaired) electrons. The molecule has 3 N–H and O–H groups in total. The number of carbonyl (C=O) groups excluding carboxylic acids is 12. The Hall–Kier alpha value is -6.91. The molecule has 12 amide bonds. The lowest BCUT2D eigenvalue weighted by atomic mass is 9.58. The monoisotopic (exact) mass is 1500 g/mol. The van der Waals surface area contributed by atoms with E-state index in [0.717, 1.165) is 30.6 Å². The first kappa shape index (κ1) is 86.3. The average Bonchev–Trinajstić information content (AvgIpc) is 0.836. The van der Waals surface area contributed by atoms with Gasteiger partial charge < -0.3 is 69.5 Å². The molecule has 6 fully saturated rings. The van der Waals surface area contributed by atoms with Gasteiger partial charge in [0, 0.05) is 88.6 Å². The smallest absolute Gasteiger partial charge is 0.381 e. The topological polar surface area (TPSA) is 289 Å². The minimum absolute atomic E-state index is 0.00530. The largest absolute Gasteiger partial charge is 0.394 e. The summed E-state index contributed by atoms with van der Waals surface area (Å²) in [5.74, 6) is -10.5. The highest BCUT2D eigenvalue weighted by Gasteiger charge is 2.59. The van der Waals surface area contributed by atoms with E-state index in [4.69, 9.17) is 9.47 Å². The third-order valence-corrected chi connectivity index (χ3v) is 24.6. The van der Waals surface area contributed by atoms with Crippen molar-refractivity contribution >= 4 is 70.9 Å². The van der Waals surface area contributed by atoms with Crippen LogP contribution in [0.15, 0.2) is 12.2 Å². The molecule has 4 aliphatic heterocycles. The summed E-state index contributed by atoms with van der Waals surface area (Å²) in [7, 11) is 9.79. The van der Waals surface area contributed by atoms with E-state index in [0.29, 0.717) is 57.5 Å². The lowest BCUT2D eigenvalue weighted by molar-refractivity contribution is -0.215. The van der Waals surface area contributed by atoms with Crippen molar-refractivity contribution < 1.29 is 80.2 Å². The first-order chi connectivity index (χ1) is 49.9.